The van der Waals surface area contributed by atoms with E-state index < -0.39 is 11.6 Å². The molecular weight excluding hydrogens is 224 g/mol. The number of likely N-dealkylation sites (N-methyl/N-ethyl adjacent to an activating group) is 1. The second kappa shape index (κ2) is 5.96. The molecule has 0 bridgehead atoms. The molecule has 0 aliphatic rings. The van der Waals surface area contributed by atoms with Gasteiger partial charge in [-0.25, -0.2) is 8.78 Å². The van der Waals surface area contributed by atoms with Gasteiger partial charge in [0.2, 0.25) is 0 Å². The van der Waals surface area contributed by atoms with Crippen molar-refractivity contribution in [3.8, 4) is 5.75 Å². The fourth-order valence-corrected chi connectivity index (χ4v) is 1.91. The molecular formula is C13H19F2NO. The fraction of sp³-hybridized carbons (Fsp3) is 0.538. The van der Waals surface area contributed by atoms with Gasteiger partial charge in [0, 0.05) is 18.5 Å². The number of nitrogens with one attached hydrogen (secondary N) is 1. The standard InChI is InChI=1S/C13H19F2NO/c1-8(2)10(7-16-3)9-5-12(15)13(17-4)6-11(9)14/h5-6,8,10,16H,7H2,1-4H3. The Kier molecular flexibility index (Phi) is 4.87. The summed E-state index contributed by atoms with van der Waals surface area (Å²) in [5.74, 6) is -0.828. The molecule has 17 heavy (non-hydrogen) atoms. The van der Waals surface area contributed by atoms with E-state index in [1.165, 1.54) is 13.2 Å². The quantitative estimate of drug-likeness (QED) is 0.858. The summed E-state index contributed by atoms with van der Waals surface area (Å²) in [6.45, 7) is 4.59. The molecule has 0 aliphatic heterocycles. The van der Waals surface area contributed by atoms with Crippen LogP contribution in [0.2, 0.25) is 0 Å². The second-order valence-electron chi connectivity index (χ2n) is 4.42. The van der Waals surface area contributed by atoms with Gasteiger partial charge in [0.15, 0.2) is 11.6 Å². The Bertz CT molecular complexity index is 380. The summed E-state index contributed by atoms with van der Waals surface area (Å²) in [4.78, 5) is 0. The van der Waals surface area contributed by atoms with Crippen molar-refractivity contribution in [2.24, 2.45) is 5.92 Å². The lowest BCUT2D eigenvalue weighted by molar-refractivity contribution is 0.378. The Hall–Kier alpha value is -1.16. The molecule has 0 saturated carbocycles. The van der Waals surface area contributed by atoms with Gasteiger partial charge in [-0.05, 0) is 24.6 Å². The van der Waals surface area contributed by atoms with Gasteiger partial charge in [0.05, 0.1) is 7.11 Å². The molecule has 1 aromatic carbocycles. The third kappa shape index (κ3) is 3.16. The Morgan fingerprint density at radius 1 is 1.24 bits per heavy atom. The summed E-state index contributed by atoms with van der Waals surface area (Å²) in [6, 6.07) is 2.34. The van der Waals surface area contributed by atoms with Crippen LogP contribution in [0.3, 0.4) is 0 Å². The highest BCUT2D eigenvalue weighted by molar-refractivity contribution is 5.33. The summed E-state index contributed by atoms with van der Waals surface area (Å²) < 4.78 is 32.2. The topological polar surface area (TPSA) is 21.3 Å². The molecule has 0 amide bonds. The highest BCUT2D eigenvalue weighted by Crippen LogP contribution is 2.30. The fourth-order valence-electron chi connectivity index (χ4n) is 1.91. The van der Waals surface area contributed by atoms with Crippen LogP contribution in [0.15, 0.2) is 12.1 Å². The average Bonchev–Trinajstić information content (AvgIpc) is 2.28. The Balaban J connectivity index is 3.15. The molecule has 1 N–H and O–H groups in total. The van der Waals surface area contributed by atoms with Gasteiger partial charge in [-0.1, -0.05) is 13.8 Å². The van der Waals surface area contributed by atoms with Crippen molar-refractivity contribution >= 4 is 0 Å². The zero-order chi connectivity index (χ0) is 13.0. The number of ether oxygens (including phenoxy) is 1. The van der Waals surface area contributed by atoms with E-state index in [1.807, 2.05) is 13.8 Å². The van der Waals surface area contributed by atoms with Crippen molar-refractivity contribution in [1.29, 1.82) is 0 Å². The lowest BCUT2D eigenvalue weighted by Gasteiger charge is -2.22. The van der Waals surface area contributed by atoms with E-state index in [0.717, 1.165) is 6.07 Å². The second-order valence-corrected chi connectivity index (χ2v) is 4.42. The van der Waals surface area contributed by atoms with Crippen molar-refractivity contribution < 1.29 is 13.5 Å². The zero-order valence-electron chi connectivity index (χ0n) is 10.7. The molecule has 0 saturated heterocycles. The van der Waals surface area contributed by atoms with Crippen LogP contribution in [0.4, 0.5) is 8.78 Å². The minimum atomic E-state index is -0.523. The summed E-state index contributed by atoms with van der Waals surface area (Å²) >= 11 is 0. The van der Waals surface area contributed by atoms with Crippen molar-refractivity contribution in [2.45, 2.75) is 19.8 Å². The lowest BCUT2D eigenvalue weighted by Crippen LogP contribution is -2.22. The number of methoxy groups -OCH3 is 1. The van der Waals surface area contributed by atoms with E-state index >= 15 is 0 Å². The molecule has 1 atom stereocenters. The van der Waals surface area contributed by atoms with Crippen LogP contribution in [0.25, 0.3) is 0 Å². The molecule has 0 aromatic heterocycles. The van der Waals surface area contributed by atoms with Crippen molar-refractivity contribution in [3.05, 3.63) is 29.3 Å². The Labute approximate surface area is 101 Å². The predicted octanol–water partition coefficient (Wildman–Crippen LogP) is 2.93. The minimum Gasteiger partial charge on any atom is -0.494 e. The summed E-state index contributed by atoms with van der Waals surface area (Å²) in [5.41, 5.74) is 0.396. The van der Waals surface area contributed by atoms with Gasteiger partial charge in [-0.3, -0.25) is 0 Å². The van der Waals surface area contributed by atoms with E-state index in [4.69, 9.17) is 4.74 Å². The molecule has 0 fully saturated rings. The van der Waals surface area contributed by atoms with Crippen LogP contribution in [0.1, 0.15) is 25.3 Å². The molecule has 0 spiro atoms. The predicted molar refractivity (Wildman–Crippen MR) is 64.4 cm³/mol. The number of rotatable bonds is 5. The highest BCUT2D eigenvalue weighted by atomic mass is 19.1. The van der Waals surface area contributed by atoms with Gasteiger partial charge in [0.25, 0.3) is 0 Å². The van der Waals surface area contributed by atoms with Crippen LogP contribution in [-0.4, -0.2) is 20.7 Å². The largest absolute Gasteiger partial charge is 0.494 e. The van der Waals surface area contributed by atoms with Crippen molar-refractivity contribution in [1.82, 2.24) is 5.32 Å². The number of benzene rings is 1. The van der Waals surface area contributed by atoms with Gasteiger partial charge >= 0.3 is 0 Å². The molecule has 0 heterocycles. The van der Waals surface area contributed by atoms with Gasteiger partial charge < -0.3 is 10.1 Å². The van der Waals surface area contributed by atoms with Crippen molar-refractivity contribution in [3.63, 3.8) is 0 Å². The van der Waals surface area contributed by atoms with Crippen LogP contribution in [0, 0.1) is 17.6 Å². The number of halogens is 2. The Morgan fingerprint density at radius 2 is 1.88 bits per heavy atom. The maximum Gasteiger partial charge on any atom is 0.165 e. The van der Waals surface area contributed by atoms with Crippen molar-refractivity contribution in [2.75, 3.05) is 20.7 Å². The van der Waals surface area contributed by atoms with E-state index in [-0.39, 0.29) is 17.6 Å². The first-order chi connectivity index (χ1) is 8.01. The molecule has 2 nitrogen and oxygen atoms in total. The first-order valence-corrected chi connectivity index (χ1v) is 5.68. The zero-order valence-corrected chi connectivity index (χ0v) is 10.7. The highest BCUT2D eigenvalue weighted by Gasteiger charge is 2.21. The molecule has 0 radical (unpaired) electrons. The molecule has 0 aliphatic carbocycles. The molecule has 4 heteroatoms. The first kappa shape index (κ1) is 13.9. The lowest BCUT2D eigenvalue weighted by atomic mass is 9.88. The summed E-state index contributed by atoms with van der Waals surface area (Å²) in [6.07, 6.45) is 0. The monoisotopic (exact) mass is 243 g/mol. The summed E-state index contributed by atoms with van der Waals surface area (Å²) in [7, 11) is 3.12. The van der Waals surface area contributed by atoms with Crippen LogP contribution < -0.4 is 10.1 Å². The van der Waals surface area contributed by atoms with E-state index in [2.05, 4.69) is 5.32 Å². The van der Waals surface area contributed by atoms with E-state index in [0.29, 0.717) is 12.1 Å². The maximum atomic E-state index is 13.9. The number of hydrogen-bond acceptors (Lipinski definition) is 2. The van der Waals surface area contributed by atoms with Crippen LogP contribution in [-0.2, 0) is 0 Å². The SMILES string of the molecule is CNCC(c1cc(F)c(OC)cc1F)C(C)C. The first-order valence-electron chi connectivity index (χ1n) is 5.68. The van der Waals surface area contributed by atoms with E-state index in [1.54, 1.807) is 7.05 Å². The van der Waals surface area contributed by atoms with Gasteiger partial charge in [-0.2, -0.15) is 0 Å². The summed E-state index contributed by atoms with van der Waals surface area (Å²) in [5, 5.41) is 3.00. The van der Waals surface area contributed by atoms with Gasteiger partial charge in [0.1, 0.15) is 5.82 Å². The molecule has 1 aromatic rings. The van der Waals surface area contributed by atoms with Gasteiger partial charge in [-0.15, -0.1) is 0 Å². The maximum absolute atomic E-state index is 13.9. The molecule has 1 unspecified atom stereocenters. The number of hydrogen-bond donors (Lipinski definition) is 1. The van der Waals surface area contributed by atoms with Crippen LogP contribution >= 0.6 is 0 Å². The Morgan fingerprint density at radius 3 is 2.35 bits per heavy atom. The molecule has 96 valence electrons. The minimum absolute atomic E-state index is 0.0552. The van der Waals surface area contributed by atoms with E-state index in [9.17, 15) is 8.78 Å². The smallest absolute Gasteiger partial charge is 0.165 e. The molecule has 1 rings (SSSR count). The average molecular weight is 243 g/mol. The normalized spacial score (nSPS) is 12.9. The third-order valence-corrected chi connectivity index (χ3v) is 2.90. The van der Waals surface area contributed by atoms with Crippen LogP contribution in [0.5, 0.6) is 5.75 Å². The third-order valence-electron chi connectivity index (χ3n) is 2.90.